The van der Waals surface area contributed by atoms with Crippen LogP contribution in [0.2, 0.25) is 5.02 Å². The smallest absolute Gasteiger partial charge is 0.229 e. The highest BCUT2D eigenvalue weighted by Crippen LogP contribution is 2.33. The van der Waals surface area contributed by atoms with Gasteiger partial charge in [0, 0.05) is 5.02 Å². The first kappa shape index (κ1) is 17.1. The second kappa shape index (κ2) is 6.64. The lowest BCUT2D eigenvalue weighted by Gasteiger charge is -2.17. The number of nitriles is 1. The molecule has 2 atom stereocenters. The highest BCUT2D eigenvalue weighted by atomic mass is 35.5. The number of rotatable bonds is 4. The third kappa shape index (κ3) is 3.13. The molecule has 0 saturated heterocycles. The second-order valence-electron chi connectivity index (χ2n) is 5.20. The van der Waals surface area contributed by atoms with Crippen LogP contribution in [0.3, 0.4) is 0 Å². The Morgan fingerprint density at radius 3 is 2.72 bits per heavy atom. The number of nitrogens with zero attached hydrogens (tertiary/aromatic N) is 2. The van der Waals surface area contributed by atoms with E-state index in [2.05, 4.69) is 9.97 Å². The van der Waals surface area contributed by atoms with E-state index < -0.39 is 22.9 Å². The maximum absolute atomic E-state index is 12.1. The summed E-state index contributed by atoms with van der Waals surface area (Å²) in [6.45, 7) is 0. The molecule has 9 heteroatoms. The number of nitrogens with two attached hydrogens (primary N) is 1. The van der Waals surface area contributed by atoms with E-state index in [9.17, 15) is 13.6 Å². The number of hydrogen-bond acceptors (Lipinski definition) is 5. The van der Waals surface area contributed by atoms with Crippen LogP contribution in [0, 0.1) is 11.3 Å². The van der Waals surface area contributed by atoms with Crippen LogP contribution in [-0.2, 0) is 15.9 Å². The van der Waals surface area contributed by atoms with E-state index >= 15 is 0 Å². The van der Waals surface area contributed by atoms with Gasteiger partial charge in [-0.3, -0.25) is 9.00 Å². The van der Waals surface area contributed by atoms with Crippen molar-refractivity contribution < 1.29 is 13.6 Å². The minimum absolute atomic E-state index is 0.0350. The number of aromatic amines is 1. The largest absolute Gasteiger partial charge is 0.768 e. The Balaban J connectivity index is 2.29. The van der Waals surface area contributed by atoms with Crippen molar-refractivity contribution >= 4 is 39.6 Å². The summed E-state index contributed by atoms with van der Waals surface area (Å²) in [6, 6.07) is 11.3. The van der Waals surface area contributed by atoms with Gasteiger partial charge in [-0.05, 0) is 40.4 Å². The number of aromatic nitrogens is 2. The first-order chi connectivity index (χ1) is 11.9. The lowest BCUT2D eigenvalue weighted by atomic mass is 9.90. The number of benzene rings is 2. The average Bonchev–Trinajstić information content (AvgIpc) is 2.98. The quantitative estimate of drug-likeness (QED) is 0.673. The van der Waals surface area contributed by atoms with Crippen LogP contribution in [0.5, 0.6) is 0 Å². The minimum atomic E-state index is -2.62. The molecule has 126 valence electrons. The maximum atomic E-state index is 12.1. The third-order valence-electron chi connectivity index (χ3n) is 3.69. The number of imidazole rings is 1. The third-order valence-corrected chi connectivity index (χ3v) is 4.71. The lowest BCUT2D eigenvalue weighted by molar-refractivity contribution is -0.118. The van der Waals surface area contributed by atoms with Crippen molar-refractivity contribution in [3.8, 4) is 6.07 Å². The molecule has 0 aliphatic rings. The molecular weight excluding hydrogens is 364 g/mol. The Bertz CT molecular complexity index is 1060. The van der Waals surface area contributed by atoms with Crippen LogP contribution in [0.25, 0.3) is 11.0 Å². The molecule has 0 fully saturated rings. The molecule has 2 unspecified atom stereocenters. The zero-order chi connectivity index (χ0) is 18.1. The summed E-state index contributed by atoms with van der Waals surface area (Å²) in [5, 5.41) is 9.29. The van der Waals surface area contributed by atoms with Crippen LogP contribution in [0.1, 0.15) is 22.9 Å². The van der Waals surface area contributed by atoms with Gasteiger partial charge in [-0.15, -0.1) is 0 Å². The Hall–Kier alpha value is -2.73. The molecule has 3 aromatic rings. The van der Waals surface area contributed by atoms with E-state index in [4.69, 9.17) is 22.6 Å². The van der Waals surface area contributed by atoms with Crippen molar-refractivity contribution in [1.82, 2.24) is 9.97 Å². The molecule has 3 N–H and O–H groups in total. The number of carbonyl (C=O) groups is 1. The van der Waals surface area contributed by atoms with Gasteiger partial charge >= 0.3 is 0 Å². The van der Waals surface area contributed by atoms with Gasteiger partial charge in [0.25, 0.3) is 0 Å². The first-order valence-corrected chi connectivity index (χ1v) is 8.44. The molecule has 0 saturated carbocycles. The standard InChI is InChI=1S/C16H11ClN4O3S/c17-10-4-2-1-3-9(10)14(16(19)22)8-5-11-15(12(6-8)25(23)24)21-13(7-18)20-11/h1-6,14H,(H2,19,22)(H,20,21)(H,23,24)/p-1. The number of hydrogen-bond donors (Lipinski definition) is 2. The van der Waals surface area contributed by atoms with Crippen LogP contribution < -0.4 is 5.73 Å². The fourth-order valence-corrected chi connectivity index (χ4v) is 3.45. The summed E-state index contributed by atoms with van der Waals surface area (Å²) in [5.41, 5.74) is 6.77. The minimum Gasteiger partial charge on any atom is -0.768 e. The number of fused-ring (bicyclic) bond motifs is 1. The van der Waals surface area contributed by atoms with Gasteiger partial charge in [-0.1, -0.05) is 29.8 Å². The SMILES string of the molecule is N#Cc1nc2c(S(=O)[O-])cc(C(C(N)=O)c3ccccc3Cl)cc2[nH]1. The van der Waals surface area contributed by atoms with Crippen molar-refractivity contribution in [1.29, 1.82) is 5.26 Å². The van der Waals surface area contributed by atoms with Crippen LogP contribution in [-0.4, -0.2) is 24.6 Å². The average molecular weight is 374 g/mol. The fraction of sp³-hybridized carbons (Fsp3) is 0.0625. The molecule has 0 aliphatic carbocycles. The van der Waals surface area contributed by atoms with Crippen LogP contribution in [0.15, 0.2) is 41.3 Å². The summed E-state index contributed by atoms with van der Waals surface area (Å²) >= 11 is 3.55. The van der Waals surface area contributed by atoms with E-state index in [1.54, 1.807) is 24.3 Å². The maximum Gasteiger partial charge on any atom is 0.229 e. The molecule has 3 rings (SSSR count). The Labute approximate surface area is 149 Å². The van der Waals surface area contributed by atoms with Gasteiger partial charge in [-0.25, -0.2) is 4.98 Å². The molecule has 1 heterocycles. The first-order valence-electron chi connectivity index (χ1n) is 6.99. The van der Waals surface area contributed by atoms with Crippen molar-refractivity contribution in [2.75, 3.05) is 0 Å². The topological polar surface area (TPSA) is 136 Å². The number of amides is 1. The molecule has 1 amide bonds. The Kier molecular flexibility index (Phi) is 4.55. The number of carbonyl (C=O) groups excluding carboxylic acids is 1. The van der Waals surface area contributed by atoms with Gasteiger partial charge in [0.1, 0.15) is 11.6 Å². The molecule has 2 aromatic carbocycles. The van der Waals surface area contributed by atoms with E-state index in [0.29, 0.717) is 21.7 Å². The molecule has 25 heavy (non-hydrogen) atoms. The lowest BCUT2D eigenvalue weighted by Crippen LogP contribution is -2.23. The molecule has 0 bridgehead atoms. The second-order valence-corrected chi connectivity index (χ2v) is 6.52. The van der Waals surface area contributed by atoms with Crippen molar-refractivity contribution in [2.24, 2.45) is 5.73 Å². The van der Waals surface area contributed by atoms with Gasteiger partial charge in [0.15, 0.2) is 0 Å². The zero-order valence-corrected chi connectivity index (χ0v) is 14.1. The molecule has 0 radical (unpaired) electrons. The monoisotopic (exact) mass is 373 g/mol. The van der Waals surface area contributed by atoms with E-state index in [1.165, 1.54) is 12.1 Å². The highest BCUT2D eigenvalue weighted by molar-refractivity contribution is 7.79. The Morgan fingerprint density at radius 1 is 1.40 bits per heavy atom. The van der Waals surface area contributed by atoms with Gasteiger partial charge in [0.05, 0.1) is 16.3 Å². The van der Waals surface area contributed by atoms with Crippen molar-refractivity contribution in [2.45, 2.75) is 10.8 Å². The van der Waals surface area contributed by atoms with Crippen molar-refractivity contribution in [3.63, 3.8) is 0 Å². The predicted molar refractivity (Wildman–Crippen MR) is 90.5 cm³/mol. The Morgan fingerprint density at radius 2 is 2.12 bits per heavy atom. The molecule has 7 nitrogen and oxygen atoms in total. The van der Waals surface area contributed by atoms with Gasteiger partial charge in [0.2, 0.25) is 11.7 Å². The van der Waals surface area contributed by atoms with E-state index in [0.717, 1.165) is 0 Å². The van der Waals surface area contributed by atoms with Crippen LogP contribution >= 0.6 is 11.6 Å². The number of nitrogens with one attached hydrogen (secondary N) is 1. The van der Waals surface area contributed by atoms with Crippen LogP contribution in [0.4, 0.5) is 0 Å². The summed E-state index contributed by atoms with van der Waals surface area (Å²) < 4.78 is 23.2. The van der Waals surface area contributed by atoms with Crippen molar-refractivity contribution in [3.05, 3.63) is 58.4 Å². The number of halogens is 1. The molecule has 0 spiro atoms. The number of primary amides is 1. The van der Waals surface area contributed by atoms with Gasteiger partial charge in [-0.2, -0.15) is 5.26 Å². The predicted octanol–water partition coefficient (Wildman–Crippen LogP) is 1.94. The summed E-state index contributed by atoms with van der Waals surface area (Å²) in [5.74, 6) is -1.67. The summed E-state index contributed by atoms with van der Waals surface area (Å²) in [7, 11) is 0. The van der Waals surface area contributed by atoms with Gasteiger partial charge < -0.3 is 15.3 Å². The summed E-state index contributed by atoms with van der Waals surface area (Å²) in [6.07, 6.45) is 0. The molecule has 1 aromatic heterocycles. The highest BCUT2D eigenvalue weighted by Gasteiger charge is 2.24. The van der Waals surface area contributed by atoms with E-state index in [-0.39, 0.29) is 16.2 Å². The number of H-pyrrole nitrogens is 1. The zero-order valence-electron chi connectivity index (χ0n) is 12.5. The summed E-state index contributed by atoms with van der Waals surface area (Å²) in [4.78, 5) is 18.6. The molecule has 0 aliphatic heterocycles. The van der Waals surface area contributed by atoms with E-state index in [1.807, 2.05) is 6.07 Å². The molecular formula is C16H10ClN4O3S-. The normalized spacial score (nSPS) is 13.3. The fourth-order valence-electron chi connectivity index (χ4n) is 2.66.